The molecule has 0 spiro atoms. The molecule has 23 heavy (non-hydrogen) atoms. The number of hydrogen-bond donors (Lipinski definition) is 3. The molecule has 3 bridgehead atoms. The van der Waals surface area contributed by atoms with Gasteiger partial charge in [0.1, 0.15) is 0 Å². The van der Waals surface area contributed by atoms with E-state index in [4.69, 9.17) is 17.2 Å². The van der Waals surface area contributed by atoms with Crippen molar-refractivity contribution in [3.05, 3.63) is 70.6 Å². The van der Waals surface area contributed by atoms with Crippen LogP contribution in [0.4, 0.5) is 0 Å². The van der Waals surface area contributed by atoms with Crippen molar-refractivity contribution in [2.24, 2.45) is 35.0 Å². The number of rotatable bonds is 0. The lowest BCUT2D eigenvalue weighted by Crippen LogP contribution is -2.19. The van der Waals surface area contributed by atoms with E-state index in [-0.39, 0.29) is 6.04 Å². The molecule has 0 saturated heterocycles. The highest BCUT2D eigenvalue weighted by molar-refractivity contribution is 5.44. The van der Waals surface area contributed by atoms with Crippen LogP contribution < -0.4 is 17.2 Å². The Morgan fingerprint density at radius 3 is 2.09 bits per heavy atom. The summed E-state index contributed by atoms with van der Waals surface area (Å²) in [6.45, 7) is 4.53. The molecule has 3 rings (SSSR count). The summed E-state index contributed by atoms with van der Waals surface area (Å²) in [5, 5.41) is 0. The highest BCUT2D eigenvalue weighted by Crippen LogP contribution is 2.37. The Kier molecular flexibility index (Phi) is 4.31. The second-order valence-electron chi connectivity index (χ2n) is 7.15. The Labute approximate surface area is 139 Å². The van der Waals surface area contributed by atoms with Gasteiger partial charge in [0.25, 0.3) is 0 Å². The van der Waals surface area contributed by atoms with Crippen LogP contribution in [-0.2, 0) is 0 Å². The highest BCUT2D eigenvalue weighted by atomic mass is 14.6. The second-order valence-corrected chi connectivity index (χ2v) is 7.15. The van der Waals surface area contributed by atoms with Gasteiger partial charge in [-0.05, 0) is 71.6 Å². The van der Waals surface area contributed by atoms with Crippen LogP contribution in [-0.4, -0.2) is 6.04 Å². The van der Waals surface area contributed by atoms with E-state index in [1.54, 1.807) is 0 Å². The molecule has 0 aliphatic heterocycles. The molecule has 4 unspecified atom stereocenters. The van der Waals surface area contributed by atoms with Crippen molar-refractivity contribution in [2.75, 3.05) is 0 Å². The summed E-state index contributed by atoms with van der Waals surface area (Å²) >= 11 is 0. The number of hydrogen-bond acceptors (Lipinski definition) is 3. The van der Waals surface area contributed by atoms with Crippen molar-refractivity contribution in [3.8, 4) is 0 Å². The molecular weight excluding hydrogens is 282 g/mol. The van der Waals surface area contributed by atoms with Gasteiger partial charge in [0.05, 0.1) is 0 Å². The molecule has 0 heterocycles. The first-order valence-electron chi connectivity index (χ1n) is 8.45. The molecule has 122 valence electrons. The van der Waals surface area contributed by atoms with Gasteiger partial charge in [-0.2, -0.15) is 0 Å². The predicted octanol–water partition coefficient (Wildman–Crippen LogP) is 3.04. The third-order valence-electron chi connectivity index (χ3n) is 5.11. The van der Waals surface area contributed by atoms with E-state index in [0.717, 1.165) is 24.2 Å². The maximum atomic E-state index is 6.28. The van der Waals surface area contributed by atoms with E-state index >= 15 is 0 Å². The fourth-order valence-corrected chi connectivity index (χ4v) is 3.83. The summed E-state index contributed by atoms with van der Waals surface area (Å²) in [5.74, 6) is 1.33. The number of fused-ring (bicyclic) bond motifs is 4. The van der Waals surface area contributed by atoms with Crippen molar-refractivity contribution >= 4 is 0 Å². The van der Waals surface area contributed by atoms with Crippen molar-refractivity contribution in [2.45, 2.75) is 32.7 Å². The van der Waals surface area contributed by atoms with Gasteiger partial charge in [-0.25, -0.2) is 0 Å². The van der Waals surface area contributed by atoms with E-state index in [1.807, 2.05) is 0 Å². The molecule has 0 radical (unpaired) electrons. The van der Waals surface area contributed by atoms with E-state index in [1.165, 1.54) is 16.7 Å². The van der Waals surface area contributed by atoms with Crippen LogP contribution in [0.2, 0.25) is 0 Å². The summed E-state index contributed by atoms with van der Waals surface area (Å²) in [7, 11) is 0. The summed E-state index contributed by atoms with van der Waals surface area (Å²) in [6, 6.07) is -0.113. The Balaban J connectivity index is 2.25. The molecular formula is C20H27N3. The second kappa shape index (κ2) is 6.25. The first-order chi connectivity index (χ1) is 10.9. The molecule has 0 aromatic carbocycles. The van der Waals surface area contributed by atoms with Crippen LogP contribution in [0.25, 0.3) is 0 Å². The average Bonchev–Trinajstić information content (AvgIpc) is 2.47. The third kappa shape index (κ3) is 3.50. The van der Waals surface area contributed by atoms with Crippen molar-refractivity contribution in [1.29, 1.82) is 0 Å². The van der Waals surface area contributed by atoms with Crippen molar-refractivity contribution in [1.82, 2.24) is 0 Å². The monoisotopic (exact) mass is 309 g/mol. The summed E-state index contributed by atoms with van der Waals surface area (Å²) in [4.78, 5) is 0. The van der Waals surface area contributed by atoms with Gasteiger partial charge in [-0.1, -0.05) is 32.1 Å². The molecule has 3 nitrogen and oxygen atoms in total. The largest absolute Gasteiger partial charge is 0.399 e. The van der Waals surface area contributed by atoms with E-state index in [9.17, 15) is 0 Å². The van der Waals surface area contributed by atoms with E-state index < -0.39 is 0 Å². The Morgan fingerprint density at radius 1 is 0.826 bits per heavy atom. The molecule has 0 aromatic rings. The van der Waals surface area contributed by atoms with Crippen LogP contribution in [0.5, 0.6) is 0 Å². The molecule has 0 saturated carbocycles. The zero-order valence-electron chi connectivity index (χ0n) is 14.0. The minimum absolute atomic E-state index is 0.113. The Morgan fingerprint density at radius 2 is 1.39 bits per heavy atom. The first kappa shape index (κ1) is 15.9. The molecule has 3 aliphatic rings. The SMILES string of the molecule is CC1CC2CC(C)C3=C\C(N)C=C\C1=C/C(N)=C/C2=C/C(N)=C/3. The maximum Gasteiger partial charge on any atom is 0.0419 e. The molecule has 3 heteroatoms. The quantitative estimate of drug-likeness (QED) is 0.643. The summed E-state index contributed by atoms with van der Waals surface area (Å²) < 4.78 is 0. The lowest BCUT2D eigenvalue weighted by molar-refractivity contribution is 0.410. The van der Waals surface area contributed by atoms with Gasteiger partial charge in [0, 0.05) is 17.4 Å². The lowest BCUT2D eigenvalue weighted by atomic mass is 9.76. The Hall–Kier alpha value is -2.00. The third-order valence-corrected chi connectivity index (χ3v) is 5.11. The first-order valence-corrected chi connectivity index (χ1v) is 8.45. The fraction of sp³-hybridized carbons (Fsp3) is 0.400. The molecule has 0 amide bonds. The van der Waals surface area contributed by atoms with Crippen molar-refractivity contribution in [3.63, 3.8) is 0 Å². The summed E-state index contributed by atoms with van der Waals surface area (Å²) in [5.41, 5.74) is 24.1. The standard InChI is InChI=1S/C20H27N3/c1-12-5-16-6-13(2)15-8-18(21)4-3-14(12)7-19(22)10-17(16)11-20(23)9-15/h3-4,7-13,16,18H,5-6,21-23H2,1-2H3/b4-3?,14-7+,15-8+,17-11-,19-10-,20-9-. The fourth-order valence-electron chi connectivity index (χ4n) is 3.83. The van der Waals surface area contributed by atoms with E-state index in [2.05, 4.69) is 56.4 Å². The maximum absolute atomic E-state index is 6.28. The molecule has 0 fully saturated rings. The van der Waals surface area contributed by atoms with Gasteiger partial charge >= 0.3 is 0 Å². The molecule has 4 atom stereocenters. The normalized spacial score (nSPS) is 45.4. The highest BCUT2D eigenvalue weighted by Gasteiger charge is 2.25. The van der Waals surface area contributed by atoms with Gasteiger partial charge in [-0.3, -0.25) is 0 Å². The zero-order chi connectivity index (χ0) is 16.6. The van der Waals surface area contributed by atoms with Gasteiger partial charge < -0.3 is 17.2 Å². The van der Waals surface area contributed by atoms with Crippen LogP contribution in [0.15, 0.2) is 70.6 Å². The summed E-state index contributed by atoms with van der Waals surface area (Å²) in [6.07, 6.45) is 16.8. The Bertz CT molecular complexity index is 673. The van der Waals surface area contributed by atoms with Gasteiger partial charge in [-0.15, -0.1) is 0 Å². The molecule has 3 aliphatic carbocycles. The van der Waals surface area contributed by atoms with Crippen LogP contribution in [0.3, 0.4) is 0 Å². The minimum atomic E-state index is -0.113. The van der Waals surface area contributed by atoms with Gasteiger partial charge in [0.2, 0.25) is 0 Å². The van der Waals surface area contributed by atoms with Crippen LogP contribution in [0.1, 0.15) is 26.7 Å². The zero-order valence-corrected chi connectivity index (χ0v) is 14.0. The molecule has 0 aromatic heterocycles. The smallest absolute Gasteiger partial charge is 0.0419 e. The van der Waals surface area contributed by atoms with Crippen molar-refractivity contribution < 1.29 is 0 Å². The lowest BCUT2D eigenvalue weighted by Gasteiger charge is -2.29. The average molecular weight is 309 g/mol. The number of nitrogens with two attached hydrogens (primary N) is 3. The van der Waals surface area contributed by atoms with Crippen LogP contribution in [0, 0.1) is 17.8 Å². The molecule has 6 N–H and O–H groups in total. The van der Waals surface area contributed by atoms with Crippen LogP contribution >= 0.6 is 0 Å². The van der Waals surface area contributed by atoms with Gasteiger partial charge in [0.15, 0.2) is 0 Å². The topological polar surface area (TPSA) is 78.1 Å². The predicted molar refractivity (Wildman–Crippen MR) is 97.0 cm³/mol. The number of allylic oxidation sites excluding steroid dienone is 8. The minimum Gasteiger partial charge on any atom is -0.399 e. The van der Waals surface area contributed by atoms with E-state index in [0.29, 0.717) is 17.8 Å².